The van der Waals surface area contributed by atoms with Crippen molar-refractivity contribution < 1.29 is 0 Å². The fraction of sp³-hybridized carbons (Fsp3) is 0.500. The van der Waals surface area contributed by atoms with E-state index in [9.17, 15) is 0 Å². The molecule has 0 atom stereocenters. The van der Waals surface area contributed by atoms with Crippen LogP contribution in [0.4, 0.5) is 0 Å². The van der Waals surface area contributed by atoms with Crippen LogP contribution in [0.25, 0.3) is 0 Å². The number of halogens is 3. The number of piperidine rings is 1. The maximum atomic E-state index is 3.61. The minimum atomic E-state index is 0. The third kappa shape index (κ3) is 5.58. The van der Waals surface area contributed by atoms with E-state index >= 15 is 0 Å². The summed E-state index contributed by atoms with van der Waals surface area (Å²) in [4.78, 5) is 0. The largest absolute Gasteiger partial charge is 0.317 e. The van der Waals surface area contributed by atoms with E-state index in [-0.39, 0.29) is 24.8 Å². The van der Waals surface area contributed by atoms with Gasteiger partial charge >= 0.3 is 0 Å². The Balaban J connectivity index is 0.00000128. The fourth-order valence-electron chi connectivity index (χ4n) is 1.92. The Morgan fingerprint density at radius 2 is 1.82 bits per heavy atom. The van der Waals surface area contributed by atoms with Gasteiger partial charge in [-0.25, -0.2) is 0 Å². The summed E-state index contributed by atoms with van der Waals surface area (Å²) >= 11 is 3.57. The van der Waals surface area contributed by atoms with Gasteiger partial charge in [-0.1, -0.05) is 34.1 Å². The van der Waals surface area contributed by atoms with Gasteiger partial charge in [0.15, 0.2) is 0 Å². The maximum absolute atomic E-state index is 3.61. The lowest BCUT2D eigenvalue weighted by atomic mass is 10.1. The summed E-state index contributed by atoms with van der Waals surface area (Å²) in [5, 5.41) is 6.98. The summed E-state index contributed by atoms with van der Waals surface area (Å²) < 4.78 is 1.20. The van der Waals surface area contributed by atoms with E-state index in [2.05, 4.69) is 50.8 Å². The Morgan fingerprint density at radius 1 is 1.18 bits per heavy atom. The van der Waals surface area contributed by atoms with Gasteiger partial charge in [0.25, 0.3) is 0 Å². The van der Waals surface area contributed by atoms with Gasteiger partial charge < -0.3 is 10.6 Å². The second kappa shape index (κ2) is 9.17. The zero-order valence-electron chi connectivity index (χ0n) is 9.62. The first-order valence-corrected chi connectivity index (χ1v) is 6.33. The monoisotopic (exact) mass is 340 g/mol. The zero-order valence-corrected chi connectivity index (χ0v) is 12.8. The molecule has 2 rings (SSSR count). The molecule has 17 heavy (non-hydrogen) atoms. The van der Waals surface area contributed by atoms with Gasteiger partial charge in [0.05, 0.1) is 0 Å². The highest BCUT2D eigenvalue weighted by molar-refractivity contribution is 9.10. The van der Waals surface area contributed by atoms with E-state index in [1.165, 1.54) is 22.9 Å². The van der Waals surface area contributed by atoms with E-state index < -0.39 is 0 Å². The van der Waals surface area contributed by atoms with Crippen molar-refractivity contribution in [3.05, 3.63) is 34.3 Å². The second-order valence-corrected chi connectivity index (χ2v) is 4.85. The normalized spacial score (nSPS) is 15.8. The molecule has 2 nitrogen and oxygen atoms in total. The van der Waals surface area contributed by atoms with Crippen molar-refractivity contribution >= 4 is 40.7 Å². The Morgan fingerprint density at radius 3 is 2.47 bits per heavy atom. The zero-order chi connectivity index (χ0) is 10.5. The predicted molar refractivity (Wildman–Crippen MR) is 81.4 cm³/mol. The van der Waals surface area contributed by atoms with Gasteiger partial charge in [0, 0.05) is 17.1 Å². The lowest BCUT2D eigenvalue weighted by Gasteiger charge is -2.24. The standard InChI is InChI=1S/C12H17BrN2.2ClH/c13-12-4-2-1-3-10(12)9-15-11-5-7-14-8-6-11;;/h1-4,11,14-15H,5-9H2;2*1H. The van der Waals surface area contributed by atoms with Gasteiger partial charge in [-0.2, -0.15) is 0 Å². The van der Waals surface area contributed by atoms with Crippen molar-refractivity contribution in [1.29, 1.82) is 0 Å². The topological polar surface area (TPSA) is 24.1 Å². The highest BCUT2D eigenvalue weighted by atomic mass is 79.9. The Kier molecular flexibility index (Phi) is 9.28. The van der Waals surface area contributed by atoms with E-state index in [1.807, 2.05) is 0 Å². The van der Waals surface area contributed by atoms with Gasteiger partial charge in [0.1, 0.15) is 0 Å². The molecule has 0 spiro atoms. The highest BCUT2D eigenvalue weighted by Gasteiger charge is 2.12. The van der Waals surface area contributed by atoms with Crippen molar-refractivity contribution in [1.82, 2.24) is 10.6 Å². The summed E-state index contributed by atoms with van der Waals surface area (Å²) in [5.41, 5.74) is 1.34. The summed E-state index contributed by atoms with van der Waals surface area (Å²) in [7, 11) is 0. The molecule has 1 saturated heterocycles. The predicted octanol–water partition coefficient (Wildman–Crippen LogP) is 3.13. The quantitative estimate of drug-likeness (QED) is 0.882. The fourth-order valence-corrected chi connectivity index (χ4v) is 2.35. The number of nitrogens with one attached hydrogen (secondary N) is 2. The molecule has 1 aromatic rings. The van der Waals surface area contributed by atoms with Gasteiger partial charge in [-0.05, 0) is 37.6 Å². The van der Waals surface area contributed by atoms with Crippen LogP contribution in [0.3, 0.4) is 0 Å². The molecule has 1 heterocycles. The molecule has 2 N–H and O–H groups in total. The van der Waals surface area contributed by atoms with Gasteiger partial charge in [-0.15, -0.1) is 24.8 Å². The molecule has 1 aromatic carbocycles. The summed E-state index contributed by atoms with van der Waals surface area (Å²) in [6.45, 7) is 3.26. The van der Waals surface area contributed by atoms with Crippen molar-refractivity contribution in [2.45, 2.75) is 25.4 Å². The Bertz CT molecular complexity index is 317. The summed E-state index contributed by atoms with van der Waals surface area (Å²) in [5.74, 6) is 0. The minimum Gasteiger partial charge on any atom is -0.317 e. The number of benzene rings is 1. The van der Waals surface area contributed by atoms with Crippen LogP contribution < -0.4 is 10.6 Å². The first kappa shape index (κ1) is 17.2. The highest BCUT2D eigenvalue weighted by Crippen LogP contribution is 2.16. The van der Waals surface area contributed by atoms with E-state index in [1.54, 1.807) is 0 Å². The van der Waals surface area contributed by atoms with Crippen LogP contribution in [-0.2, 0) is 6.54 Å². The van der Waals surface area contributed by atoms with Crippen molar-refractivity contribution in [2.24, 2.45) is 0 Å². The Hall–Kier alpha value is 0.200. The molecule has 98 valence electrons. The van der Waals surface area contributed by atoms with Crippen molar-refractivity contribution in [3.63, 3.8) is 0 Å². The summed E-state index contributed by atoms with van der Waals surface area (Å²) in [6.07, 6.45) is 2.48. The number of hydrogen-bond donors (Lipinski definition) is 2. The molecule has 0 aliphatic carbocycles. The maximum Gasteiger partial charge on any atom is 0.0220 e. The number of hydrogen-bond acceptors (Lipinski definition) is 2. The van der Waals surface area contributed by atoms with Gasteiger partial charge in [-0.3, -0.25) is 0 Å². The SMILES string of the molecule is Brc1ccccc1CNC1CCNCC1.Cl.Cl. The van der Waals surface area contributed by atoms with Crippen LogP contribution in [-0.4, -0.2) is 19.1 Å². The van der Waals surface area contributed by atoms with E-state index in [0.717, 1.165) is 19.6 Å². The van der Waals surface area contributed by atoms with Crippen molar-refractivity contribution in [2.75, 3.05) is 13.1 Å². The summed E-state index contributed by atoms with van der Waals surface area (Å²) in [6, 6.07) is 9.08. The average molecular weight is 342 g/mol. The molecular formula is C12H19BrCl2N2. The molecule has 0 saturated carbocycles. The molecule has 0 radical (unpaired) electrons. The average Bonchev–Trinajstić information content (AvgIpc) is 2.29. The Labute approximate surface area is 124 Å². The molecular weight excluding hydrogens is 323 g/mol. The molecule has 0 aromatic heterocycles. The molecule has 0 amide bonds. The van der Waals surface area contributed by atoms with E-state index in [4.69, 9.17) is 0 Å². The molecule has 5 heteroatoms. The first-order valence-electron chi connectivity index (χ1n) is 5.54. The number of rotatable bonds is 3. The van der Waals surface area contributed by atoms with Crippen LogP contribution in [0.5, 0.6) is 0 Å². The molecule has 0 bridgehead atoms. The smallest absolute Gasteiger partial charge is 0.0220 e. The molecule has 1 fully saturated rings. The molecule has 1 aliphatic rings. The minimum absolute atomic E-state index is 0. The van der Waals surface area contributed by atoms with E-state index in [0.29, 0.717) is 6.04 Å². The van der Waals surface area contributed by atoms with Crippen molar-refractivity contribution in [3.8, 4) is 0 Å². The first-order chi connectivity index (χ1) is 7.36. The molecule has 0 unspecified atom stereocenters. The lowest BCUT2D eigenvalue weighted by molar-refractivity contribution is 0.386. The van der Waals surface area contributed by atoms with Crippen LogP contribution in [0, 0.1) is 0 Å². The lowest BCUT2D eigenvalue weighted by Crippen LogP contribution is -2.39. The van der Waals surface area contributed by atoms with Crippen LogP contribution in [0.15, 0.2) is 28.7 Å². The second-order valence-electron chi connectivity index (χ2n) is 4.00. The van der Waals surface area contributed by atoms with Crippen LogP contribution in [0.2, 0.25) is 0 Å². The van der Waals surface area contributed by atoms with Crippen LogP contribution >= 0.6 is 40.7 Å². The third-order valence-corrected chi connectivity index (χ3v) is 3.65. The third-order valence-electron chi connectivity index (χ3n) is 2.88. The van der Waals surface area contributed by atoms with Gasteiger partial charge in [0.2, 0.25) is 0 Å². The van der Waals surface area contributed by atoms with Crippen LogP contribution in [0.1, 0.15) is 18.4 Å². The molecule has 1 aliphatic heterocycles.